The highest BCUT2D eigenvalue weighted by molar-refractivity contribution is 7.99. The van der Waals surface area contributed by atoms with Crippen LogP contribution in [0.4, 0.5) is 5.13 Å². The molecule has 10 heteroatoms. The van der Waals surface area contributed by atoms with Crippen LogP contribution in [-0.2, 0) is 13.6 Å². The number of thiazole rings is 1. The van der Waals surface area contributed by atoms with Gasteiger partial charge in [-0.25, -0.2) is 4.98 Å². The molecule has 1 N–H and O–H groups in total. The van der Waals surface area contributed by atoms with Crippen molar-refractivity contribution in [1.82, 2.24) is 19.7 Å². The minimum Gasteiger partial charge on any atom is -0.486 e. The van der Waals surface area contributed by atoms with Gasteiger partial charge in [-0.2, -0.15) is 0 Å². The van der Waals surface area contributed by atoms with E-state index in [9.17, 15) is 4.79 Å². The lowest BCUT2D eigenvalue weighted by Gasteiger charge is -2.18. The number of anilines is 1. The van der Waals surface area contributed by atoms with Gasteiger partial charge in [0.05, 0.1) is 18.0 Å². The van der Waals surface area contributed by atoms with Crippen LogP contribution in [0.25, 0.3) is 11.3 Å². The lowest BCUT2D eigenvalue weighted by Crippen LogP contribution is -2.16. The first-order valence-corrected chi connectivity index (χ1v) is 12.2. The number of carbonyl (C=O) groups is 1. The standard InChI is InChI=1S/C23H21N5O3S2/c1-28-21(12-24-22-25-17(13-32-22)15-5-3-2-4-6-15)26-27-23(28)33-14-18(29)16-7-8-19-20(11-16)31-10-9-30-19/h2-8,11,13H,9-10,12,14H2,1H3,(H,24,25). The molecule has 5 rings (SSSR count). The molecular weight excluding hydrogens is 458 g/mol. The van der Waals surface area contributed by atoms with Crippen molar-refractivity contribution >= 4 is 34.0 Å². The van der Waals surface area contributed by atoms with E-state index in [1.54, 1.807) is 29.5 Å². The number of aromatic nitrogens is 4. The van der Waals surface area contributed by atoms with Gasteiger partial charge in [-0.05, 0) is 18.2 Å². The number of hydrogen-bond acceptors (Lipinski definition) is 9. The molecule has 168 valence electrons. The summed E-state index contributed by atoms with van der Waals surface area (Å²) in [7, 11) is 1.89. The highest BCUT2D eigenvalue weighted by Crippen LogP contribution is 2.31. The van der Waals surface area contributed by atoms with Gasteiger partial charge in [0.1, 0.15) is 13.2 Å². The molecule has 8 nitrogen and oxygen atoms in total. The zero-order valence-corrected chi connectivity index (χ0v) is 19.5. The molecule has 2 aromatic heterocycles. The Balaban J connectivity index is 1.17. The number of benzene rings is 2. The highest BCUT2D eigenvalue weighted by atomic mass is 32.2. The lowest BCUT2D eigenvalue weighted by atomic mass is 10.1. The Morgan fingerprint density at radius 2 is 1.94 bits per heavy atom. The Labute approximate surface area is 199 Å². The van der Waals surface area contributed by atoms with Gasteiger partial charge in [-0.1, -0.05) is 42.1 Å². The molecule has 33 heavy (non-hydrogen) atoms. The van der Waals surface area contributed by atoms with Crippen LogP contribution in [-0.4, -0.2) is 44.5 Å². The average molecular weight is 480 g/mol. The van der Waals surface area contributed by atoms with Gasteiger partial charge in [-0.3, -0.25) is 4.79 Å². The number of ketones is 1. The zero-order valence-electron chi connectivity index (χ0n) is 17.9. The van der Waals surface area contributed by atoms with E-state index in [1.165, 1.54) is 11.8 Å². The number of nitrogens with zero attached hydrogens (tertiary/aromatic N) is 4. The Hall–Kier alpha value is -3.37. The van der Waals surface area contributed by atoms with E-state index in [2.05, 4.69) is 20.5 Å². The summed E-state index contributed by atoms with van der Waals surface area (Å²) in [6.07, 6.45) is 0. The Bertz CT molecular complexity index is 1270. The predicted octanol–water partition coefficient (Wildman–Crippen LogP) is 4.30. The first kappa shape index (κ1) is 21.5. The topological polar surface area (TPSA) is 91.2 Å². The Kier molecular flexibility index (Phi) is 6.27. The van der Waals surface area contributed by atoms with Crippen LogP contribution in [0.15, 0.2) is 59.1 Å². The maximum atomic E-state index is 12.7. The van der Waals surface area contributed by atoms with E-state index < -0.39 is 0 Å². The first-order valence-electron chi connectivity index (χ1n) is 10.4. The van der Waals surface area contributed by atoms with Crippen molar-refractivity contribution in [1.29, 1.82) is 0 Å². The van der Waals surface area contributed by atoms with E-state index in [0.717, 1.165) is 22.2 Å². The van der Waals surface area contributed by atoms with Crippen molar-refractivity contribution in [2.75, 3.05) is 24.3 Å². The average Bonchev–Trinajstić information content (AvgIpc) is 3.48. The molecule has 0 spiro atoms. The van der Waals surface area contributed by atoms with Crippen molar-refractivity contribution in [2.24, 2.45) is 7.05 Å². The third kappa shape index (κ3) is 4.86. The maximum Gasteiger partial charge on any atom is 0.191 e. The third-order valence-corrected chi connectivity index (χ3v) is 6.91. The quantitative estimate of drug-likeness (QED) is 0.296. The molecule has 0 atom stereocenters. The predicted molar refractivity (Wildman–Crippen MR) is 128 cm³/mol. The van der Waals surface area contributed by atoms with E-state index in [1.807, 2.05) is 47.3 Å². The lowest BCUT2D eigenvalue weighted by molar-refractivity contribution is 0.102. The first-order chi connectivity index (χ1) is 16.2. The molecule has 1 aliphatic heterocycles. The van der Waals surface area contributed by atoms with Crippen LogP contribution in [0, 0.1) is 0 Å². The van der Waals surface area contributed by atoms with Crippen molar-refractivity contribution in [3.05, 3.63) is 65.3 Å². The number of rotatable bonds is 8. The Morgan fingerprint density at radius 3 is 2.79 bits per heavy atom. The third-order valence-electron chi connectivity index (χ3n) is 5.09. The van der Waals surface area contributed by atoms with Crippen LogP contribution in [0.2, 0.25) is 0 Å². The smallest absolute Gasteiger partial charge is 0.191 e. The summed E-state index contributed by atoms with van der Waals surface area (Å²) in [4.78, 5) is 17.3. The van der Waals surface area contributed by atoms with Gasteiger partial charge in [0.2, 0.25) is 0 Å². The second-order valence-corrected chi connectivity index (χ2v) is 9.09. The van der Waals surface area contributed by atoms with Gasteiger partial charge < -0.3 is 19.4 Å². The molecule has 4 aromatic rings. The maximum absolute atomic E-state index is 12.7. The molecular formula is C23H21N5O3S2. The van der Waals surface area contributed by atoms with E-state index >= 15 is 0 Å². The normalized spacial score (nSPS) is 12.5. The molecule has 2 aromatic carbocycles. The SMILES string of the molecule is Cn1c(CNc2nc(-c3ccccc3)cs2)nnc1SCC(=O)c1ccc2c(c1)OCCO2. The molecule has 3 heterocycles. The fourth-order valence-corrected chi connectivity index (χ4v) is 4.85. The number of hydrogen-bond donors (Lipinski definition) is 1. The molecule has 0 fully saturated rings. The molecule has 0 bridgehead atoms. The van der Waals surface area contributed by atoms with Gasteiger partial charge in [-0.15, -0.1) is 21.5 Å². The summed E-state index contributed by atoms with van der Waals surface area (Å²) in [6.45, 7) is 1.50. The molecule has 0 saturated carbocycles. The van der Waals surface area contributed by atoms with Crippen LogP contribution < -0.4 is 14.8 Å². The van der Waals surface area contributed by atoms with Crippen molar-refractivity contribution in [3.8, 4) is 22.8 Å². The largest absolute Gasteiger partial charge is 0.486 e. The summed E-state index contributed by atoms with van der Waals surface area (Å²) < 4.78 is 13.0. The number of ether oxygens (including phenoxy) is 2. The van der Waals surface area contributed by atoms with Crippen LogP contribution in [0.5, 0.6) is 11.5 Å². The second-order valence-electron chi connectivity index (χ2n) is 7.29. The van der Waals surface area contributed by atoms with Crippen molar-refractivity contribution < 1.29 is 14.3 Å². The summed E-state index contributed by atoms with van der Waals surface area (Å²) in [6, 6.07) is 15.3. The van der Waals surface area contributed by atoms with Crippen LogP contribution >= 0.6 is 23.1 Å². The highest BCUT2D eigenvalue weighted by Gasteiger charge is 2.17. The fourth-order valence-electron chi connectivity index (χ4n) is 3.31. The molecule has 0 saturated heterocycles. The molecule has 1 aliphatic rings. The number of carbonyl (C=O) groups excluding carboxylic acids is 1. The van der Waals surface area contributed by atoms with Gasteiger partial charge in [0, 0.05) is 23.6 Å². The van der Waals surface area contributed by atoms with Gasteiger partial charge in [0.15, 0.2) is 33.4 Å². The Morgan fingerprint density at radius 1 is 1.12 bits per heavy atom. The number of thioether (sulfide) groups is 1. The van der Waals surface area contributed by atoms with Crippen molar-refractivity contribution in [3.63, 3.8) is 0 Å². The van der Waals surface area contributed by atoms with E-state index in [0.29, 0.717) is 42.0 Å². The molecule has 0 unspecified atom stereocenters. The van der Waals surface area contributed by atoms with Gasteiger partial charge in [0.25, 0.3) is 0 Å². The van der Waals surface area contributed by atoms with Gasteiger partial charge >= 0.3 is 0 Å². The van der Waals surface area contributed by atoms with Crippen LogP contribution in [0.1, 0.15) is 16.2 Å². The second kappa shape index (κ2) is 9.63. The monoisotopic (exact) mass is 479 g/mol. The molecule has 0 amide bonds. The summed E-state index contributed by atoms with van der Waals surface area (Å²) in [5.41, 5.74) is 2.62. The van der Waals surface area contributed by atoms with Crippen molar-refractivity contribution in [2.45, 2.75) is 11.7 Å². The minimum atomic E-state index is -0.00382. The number of fused-ring (bicyclic) bond motifs is 1. The number of Topliss-reactive ketones (excluding diaryl/α,β-unsaturated/α-hetero) is 1. The van der Waals surface area contributed by atoms with E-state index in [4.69, 9.17) is 9.47 Å². The summed E-state index contributed by atoms with van der Waals surface area (Å²) in [5.74, 6) is 2.30. The fraction of sp³-hybridized carbons (Fsp3) is 0.217. The molecule has 0 aliphatic carbocycles. The summed E-state index contributed by atoms with van der Waals surface area (Å²) >= 11 is 2.91. The summed E-state index contributed by atoms with van der Waals surface area (Å²) in [5, 5.41) is 15.3. The zero-order chi connectivity index (χ0) is 22.6. The molecule has 0 radical (unpaired) electrons. The van der Waals surface area contributed by atoms with Crippen LogP contribution in [0.3, 0.4) is 0 Å². The number of nitrogens with one attached hydrogen (secondary N) is 1. The van der Waals surface area contributed by atoms with E-state index in [-0.39, 0.29) is 11.5 Å². The minimum absolute atomic E-state index is 0.00382.